The van der Waals surface area contributed by atoms with Crippen LogP contribution in [0.3, 0.4) is 0 Å². The number of fused-ring (bicyclic) bond motifs is 1. The largest absolute Gasteiger partial charge is 0.395 e. The summed E-state index contributed by atoms with van der Waals surface area (Å²) >= 11 is 0. The predicted molar refractivity (Wildman–Crippen MR) is 107 cm³/mol. The topological polar surface area (TPSA) is 75.3 Å². The molecule has 4 aromatic rings. The molecule has 0 spiro atoms. The third kappa shape index (κ3) is 3.44. The van der Waals surface area contributed by atoms with Crippen LogP contribution in [0.5, 0.6) is 0 Å². The molecule has 0 saturated heterocycles. The van der Waals surface area contributed by atoms with Crippen LogP contribution < -0.4 is 5.32 Å². The lowest BCUT2D eigenvalue weighted by atomic mass is 10.1. The number of aliphatic hydroxyl groups excluding tert-OH is 1. The molecule has 0 bridgehead atoms. The number of aliphatic hydroxyl groups is 1. The van der Waals surface area contributed by atoms with Gasteiger partial charge in [0.05, 0.1) is 23.7 Å². The molecular weight excluding hydrogens is 357 g/mol. The van der Waals surface area contributed by atoms with Crippen molar-refractivity contribution in [2.75, 3.05) is 18.5 Å². The van der Waals surface area contributed by atoms with E-state index in [2.05, 4.69) is 28.3 Å². The second kappa shape index (κ2) is 7.74. The molecule has 3 aromatic heterocycles. The van der Waals surface area contributed by atoms with Gasteiger partial charge >= 0.3 is 0 Å². The molecule has 0 fully saturated rings. The van der Waals surface area contributed by atoms with Crippen LogP contribution in [-0.4, -0.2) is 37.6 Å². The molecule has 0 aliphatic heterocycles. The maximum atomic E-state index is 13.4. The number of aromatic nitrogens is 4. The van der Waals surface area contributed by atoms with Crippen molar-refractivity contribution < 1.29 is 9.50 Å². The summed E-state index contributed by atoms with van der Waals surface area (Å²) in [4.78, 5) is 13.6. The van der Waals surface area contributed by atoms with Crippen LogP contribution in [0.25, 0.3) is 28.3 Å². The normalized spacial score (nSPS) is 11.1. The summed E-state index contributed by atoms with van der Waals surface area (Å²) in [6, 6.07) is 12.2. The Morgan fingerprint density at radius 3 is 2.68 bits per heavy atom. The molecule has 2 N–H and O–H groups in total. The fourth-order valence-electron chi connectivity index (χ4n) is 3.10. The van der Waals surface area contributed by atoms with Gasteiger partial charge in [0.1, 0.15) is 11.5 Å². The highest BCUT2D eigenvalue weighted by atomic mass is 19.1. The molecule has 142 valence electrons. The van der Waals surface area contributed by atoms with Gasteiger partial charge in [0.15, 0.2) is 0 Å². The average Bonchev–Trinajstić information content (AvgIpc) is 3.11. The van der Waals surface area contributed by atoms with Gasteiger partial charge < -0.3 is 10.4 Å². The van der Waals surface area contributed by atoms with Crippen LogP contribution in [-0.2, 0) is 6.42 Å². The maximum Gasteiger partial charge on any atom is 0.223 e. The zero-order valence-electron chi connectivity index (χ0n) is 15.4. The van der Waals surface area contributed by atoms with Gasteiger partial charge in [-0.2, -0.15) is 0 Å². The molecule has 6 nitrogen and oxygen atoms in total. The monoisotopic (exact) mass is 377 g/mol. The van der Waals surface area contributed by atoms with Crippen molar-refractivity contribution in [3.8, 4) is 22.6 Å². The Balaban J connectivity index is 1.92. The molecule has 0 saturated carbocycles. The zero-order chi connectivity index (χ0) is 19.5. The molecule has 1 aromatic carbocycles. The summed E-state index contributed by atoms with van der Waals surface area (Å²) in [6.07, 6.45) is 4.55. The second-order valence-corrected chi connectivity index (χ2v) is 6.35. The number of rotatable bonds is 6. The number of aryl methyl sites for hydroxylation is 1. The Morgan fingerprint density at radius 2 is 1.93 bits per heavy atom. The van der Waals surface area contributed by atoms with Crippen molar-refractivity contribution in [1.29, 1.82) is 0 Å². The minimum absolute atomic E-state index is 0.0101. The predicted octanol–water partition coefficient (Wildman–Crippen LogP) is 3.56. The standard InChI is InChI=1S/C21H20FN5O/c1-2-14-8-11-27-18(13-14)26-19(15-3-5-16(22)6-4-15)20(27)17-7-9-23-21(25-17)24-10-12-28/h3-9,11,13,28H,2,10,12H2,1H3,(H,23,24,25). The molecule has 7 heteroatoms. The quantitative estimate of drug-likeness (QED) is 0.537. The molecule has 0 amide bonds. The molecule has 0 aliphatic carbocycles. The number of imidazole rings is 1. The van der Waals surface area contributed by atoms with E-state index in [0.717, 1.165) is 29.0 Å². The van der Waals surface area contributed by atoms with Crippen LogP contribution in [0.15, 0.2) is 54.9 Å². The zero-order valence-corrected chi connectivity index (χ0v) is 15.4. The summed E-state index contributed by atoms with van der Waals surface area (Å²) in [5.41, 5.74) is 5.01. The van der Waals surface area contributed by atoms with Gasteiger partial charge in [0.2, 0.25) is 5.95 Å². The number of nitrogens with zero attached hydrogens (tertiary/aromatic N) is 4. The van der Waals surface area contributed by atoms with E-state index in [4.69, 9.17) is 10.1 Å². The van der Waals surface area contributed by atoms with Crippen molar-refractivity contribution in [3.05, 3.63) is 66.2 Å². The van der Waals surface area contributed by atoms with E-state index in [-0.39, 0.29) is 12.4 Å². The van der Waals surface area contributed by atoms with Crippen LogP contribution in [0.2, 0.25) is 0 Å². The number of pyridine rings is 1. The smallest absolute Gasteiger partial charge is 0.223 e. The van der Waals surface area contributed by atoms with Gasteiger partial charge in [-0.25, -0.2) is 19.3 Å². The van der Waals surface area contributed by atoms with Gasteiger partial charge in [-0.15, -0.1) is 0 Å². The lowest BCUT2D eigenvalue weighted by Crippen LogP contribution is -2.09. The van der Waals surface area contributed by atoms with E-state index in [0.29, 0.717) is 18.2 Å². The van der Waals surface area contributed by atoms with Gasteiger partial charge in [0, 0.05) is 24.5 Å². The van der Waals surface area contributed by atoms with E-state index in [9.17, 15) is 4.39 Å². The average molecular weight is 377 g/mol. The van der Waals surface area contributed by atoms with Gasteiger partial charge in [-0.3, -0.25) is 4.40 Å². The first-order valence-corrected chi connectivity index (χ1v) is 9.14. The minimum atomic E-state index is -0.292. The Hall–Kier alpha value is -3.32. The van der Waals surface area contributed by atoms with Crippen LogP contribution in [0, 0.1) is 5.82 Å². The van der Waals surface area contributed by atoms with Crippen LogP contribution >= 0.6 is 0 Å². The van der Waals surface area contributed by atoms with Crippen molar-refractivity contribution in [3.63, 3.8) is 0 Å². The number of anilines is 1. The van der Waals surface area contributed by atoms with Gasteiger partial charge in [0.25, 0.3) is 0 Å². The highest BCUT2D eigenvalue weighted by Gasteiger charge is 2.18. The minimum Gasteiger partial charge on any atom is -0.395 e. The number of hydrogen-bond donors (Lipinski definition) is 2. The van der Waals surface area contributed by atoms with Gasteiger partial charge in [-0.05, 0) is 54.4 Å². The fourth-order valence-corrected chi connectivity index (χ4v) is 3.10. The molecule has 28 heavy (non-hydrogen) atoms. The second-order valence-electron chi connectivity index (χ2n) is 6.35. The summed E-state index contributed by atoms with van der Waals surface area (Å²) in [5, 5.41) is 12.0. The first-order valence-electron chi connectivity index (χ1n) is 9.14. The Kier molecular flexibility index (Phi) is 4.99. The molecule has 0 unspecified atom stereocenters. The van der Waals surface area contributed by atoms with Crippen molar-refractivity contribution in [2.24, 2.45) is 0 Å². The van der Waals surface area contributed by atoms with Crippen molar-refractivity contribution in [1.82, 2.24) is 19.4 Å². The number of nitrogens with one attached hydrogen (secondary N) is 1. The number of benzene rings is 1. The third-order valence-electron chi connectivity index (χ3n) is 4.51. The van der Waals surface area contributed by atoms with Crippen molar-refractivity contribution in [2.45, 2.75) is 13.3 Å². The van der Waals surface area contributed by atoms with Gasteiger partial charge in [-0.1, -0.05) is 6.92 Å². The van der Waals surface area contributed by atoms with Crippen LogP contribution in [0.1, 0.15) is 12.5 Å². The summed E-state index contributed by atoms with van der Waals surface area (Å²) in [7, 11) is 0. The van der Waals surface area contributed by atoms with E-state index in [1.165, 1.54) is 17.7 Å². The summed E-state index contributed by atoms with van der Waals surface area (Å²) < 4.78 is 15.4. The number of hydrogen-bond acceptors (Lipinski definition) is 5. The summed E-state index contributed by atoms with van der Waals surface area (Å²) in [5.74, 6) is 0.136. The SMILES string of the molecule is CCc1ccn2c(-c3ccnc(NCCO)n3)c(-c3ccc(F)cc3)nc2c1. The molecule has 3 heterocycles. The van der Waals surface area contributed by atoms with E-state index in [1.807, 2.05) is 22.7 Å². The van der Waals surface area contributed by atoms with E-state index in [1.54, 1.807) is 18.3 Å². The molecule has 0 aliphatic rings. The maximum absolute atomic E-state index is 13.4. The molecular formula is C21H20FN5O. The third-order valence-corrected chi connectivity index (χ3v) is 4.51. The highest BCUT2D eigenvalue weighted by molar-refractivity contribution is 5.80. The van der Waals surface area contributed by atoms with Crippen molar-refractivity contribution >= 4 is 11.6 Å². The fraction of sp³-hybridized carbons (Fsp3) is 0.190. The lowest BCUT2D eigenvalue weighted by molar-refractivity contribution is 0.311. The molecule has 4 rings (SSSR count). The first-order chi connectivity index (χ1) is 13.7. The molecule has 0 atom stereocenters. The lowest BCUT2D eigenvalue weighted by Gasteiger charge is -2.08. The van der Waals surface area contributed by atoms with E-state index >= 15 is 0 Å². The molecule has 0 radical (unpaired) electrons. The number of halogens is 1. The first kappa shape index (κ1) is 18.1. The van der Waals surface area contributed by atoms with Crippen LogP contribution in [0.4, 0.5) is 10.3 Å². The Morgan fingerprint density at radius 1 is 1.11 bits per heavy atom. The Labute approximate surface area is 161 Å². The van der Waals surface area contributed by atoms with E-state index < -0.39 is 0 Å². The highest BCUT2D eigenvalue weighted by Crippen LogP contribution is 2.32. The summed E-state index contributed by atoms with van der Waals surface area (Å²) in [6.45, 7) is 2.45. The Bertz CT molecular complexity index is 1110.